The van der Waals surface area contributed by atoms with E-state index in [0.29, 0.717) is 28.3 Å². The fourth-order valence-electron chi connectivity index (χ4n) is 2.45. The van der Waals surface area contributed by atoms with E-state index in [-0.39, 0.29) is 5.56 Å². The Morgan fingerprint density at radius 3 is 2.82 bits per heavy atom. The Morgan fingerprint density at radius 2 is 2.04 bits per heavy atom. The van der Waals surface area contributed by atoms with Crippen LogP contribution in [0.2, 0.25) is 0 Å². The largest absolute Gasteiger partial charge is 0.493 e. The van der Waals surface area contributed by atoms with Crippen LogP contribution in [-0.4, -0.2) is 30.1 Å². The quantitative estimate of drug-likeness (QED) is 0.410. The van der Waals surface area contributed by atoms with Crippen LogP contribution in [0.3, 0.4) is 0 Å². The summed E-state index contributed by atoms with van der Waals surface area (Å²) in [6, 6.07) is 15.7. The first-order valence-electron chi connectivity index (χ1n) is 8.54. The molecule has 7 nitrogen and oxygen atoms in total. The van der Waals surface area contributed by atoms with Gasteiger partial charge in [-0.05, 0) is 45.3 Å². The average molecular weight is 443 g/mol. The fraction of sp³-hybridized carbons (Fsp3) is 0.150. The van der Waals surface area contributed by atoms with E-state index in [1.807, 2.05) is 36.4 Å². The van der Waals surface area contributed by atoms with Gasteiger partial charge >= 0.3 is 0 Å². The Kier molecular flexibility index (Phi) is 6.80. The fourth-order valence-corrected chi connectivity index (χ4v) is 2.72. The summed E-state index contributed by atoms with van der Waals surface area (Å²) in [6.45, 7) is 0.555. The number of hydrogen-bond donors (Lipinski definition) is 2. The molecular formula is C20H19BrN4O3. The van der Waals surface area contributed by atoms with Crippen molar-refractivity contribution in [3.8, 4) is 11.5 Å². The number of H-pyrrole nitrogens is 1. The van der Waals surface area contributed by atoms with Crippen molar-refractivity contribution in [2.24, 2.45) is 5.10 Å². The Labute approximate surface area is 170 Å². The highest BCUT2D eigenvalue weighted by atomic mass is 79.9. The molecule has 0 bridgehead atoms. The lowest BCUT2D eigenvalue weighted by Crippen LogP contribution is -2.10. The van der Waals surface area contributed by atoms with Gasteiger partial charge in [-0.3, -0.25) is 10.2 Å². The number of ether oxygens (including phenoxy) is 2. The third-order valence-corrected chi connectivity index (χ3v) is 4.66. The van der Waals surface area contributed by atoms with Gasteiger partial charge < -0.3 is 9.47 Å². The second-order valence-electron chi connectivity index (χ2n) is 5.79. The van der Waals surface area contributed by atoms with Crippen LogP contribution in [-0.2, 0) is 6.42 Å². The Balaban J connectivity index is 1.62. The van der Waals surface area contributed by atoms with E-state index in [2.05, 4.69) is 48.8 Å². The lowest BCUT2D eigenvalue weighted by atomic mass is 10.2. The molecule has 144 valence electrons. The average Bonchev–Trinajstić information content (AvgIpc) is 2.72. The standard InChI is InChI=1S/C20H19BrN4O3/c1-27-18-11-15(12-22-24-16-13-23-25-20(26)19(16)21)7-8-17(18)28-10-9-14-5-3-2-4-6-14/h2-8,11-13H,9-10H2,1H3,(H2,24,25,26)/b22-12-. The molecule has 1 aromatic heterocycles. The molecule has 0 amide bonds. The third-order valence-electron chi connectivity index (χ3n) is 3.87. The van der Waals surface area contributed by atoms with Crippen molar-refractivity contribution in [1.82, 2.24) is 10.2 Å². The summed E-state index contributed by atoms with van der Waals surface area (Å²) in [5, 5.41) is 10.2. The van der Waals surface area contributed by atoms with Gasteiger partial charge in [0.05, 0.1) is 31.8 Å². The van der Waals surface area contributed by atoms with Crippen LogP contribution < -0.4 is 20.5 Å². The van der Waals surface area contributed by atoms with Crippen molar-refractivity contribution in [2.75, 3.05) is 19.1 Å². The molecule has 0 saturated carbocycles. The minimum Gasteiger partial charge on any atom is -0.493 e. The van der Waals surface area contributed by atoms with E-state index in [0.717, 1.165) is 12.0 Å². The van der Waals surface area contributed by atoms with E-state index >= 15 is 0 Å². The van der Waals surface area contributed by atoms with Crippen LogP contribution in [0.4, 0.5) is 5.69 Å². The molecule has 3 aromatic rings. The normalized spacial score (nSPS) is 10.8. The molecule has 0 aliphatic heterocycles. The molecule has 1 heterocycles. The zero-order chi connectivity index (χ0) is 19.8. The molecule has 2 N–H and O–H groups in total. The highest BCUT2D eigenvalue weighted by Crippen LogP contribution is 2.27. The third kappa shape index (κ3) is 5.20. The van der Waals surface area contributed by atoms with Crippen molar-refractivity contribution in [3.63, 3.8) is 0 Å². The summed E-state index contributed by atoms with van der Waals surface area (Å²) >= 11 is 3.18. The number of halogens is 1. The smallest absolute Gasteiger partial charge is 0.280 e. The monoisotopic (exact) mass is 442 g/mol. The van der Waals surface area contributed by atoms with E-state index < -0.39 is 0 Å². The van der Waals surface area contributed by atoms with Crippen molar-refractivity contribution in [2.45, 2.75) is 6.42 Å². The summed E-state index contributed by atoms with van der Waals surface area (Å²) in [4.78, 5) is 11.5. The van der Waals surface area contributed by atoms with Crippen LogP contribution in [0.1, 0.15) is 11.1 Å². The molecule has 0 atom stereocenters. The molecule has 0 spiro atoms. The minimum absolute atomic E-state index is 0.333. The predicted octanol–water partition coefficient (Wildman–Crippen LogP) is 3.61. The Morgan fingerprint density at radius 1 is 1.21 bits per heavy atom. The van der Waals surface area contributed by atoms with Crippen LogP contribution in [0.25, 0.3) is 0 Å². The number of aromatic nitrogens is 2. The van der Waals surface area contributed by atoms with Crippen LogP contribution in [0.5, 0.6) is 11.5 Å². The molecule has 0 aliphatic rings. The van der Waals surface area contributed by atoms with E-state index in [1.165, 1.54) is 11.8 Å². The molecular weight excluding hydrogens is 424 g/mol. The molecule has 0 fully saturated rings. The maximum atomic E-state index is 11.5. The number of hydrazone groups is 1. The molecule has 28 heavy (non-hydrogen) atoms. The molecule has 0 radical (unpaired) electrons. The second-order valence-corrected chi connectivity index (χ2v) is 6.58. The molecule has 0 saturated heterocycles. The topological polar surface area (TPSA) is 88.6 Å². The zero-order valence-corrected chi connectivity index (χ0v) is 16.8. The number of hydrogen-bond acceptors (Lipinski definition) is 6. The van der Waals surface area contributed by atoms with Crippen molar-refractivity contribution in [3.05, 3.63) is 80.7 Å². The van der Waals surface area contributed by atoms with E-state index in [9.17, 15) is 4.79 Å². The van der Waals surface area contributed by atoms with Crippen molar-refractivity contribution in [1.29, 1.82) is 0 Å². The number of methoxy groups -OCH3 is 1. The molecule has 3 rings (SSSR count). The van der Waals surface area contributed by atoms with Gasteiger partial charge in [0.1, 0.15) is 4.47 Å². The van der Waals surface area contributed by atoms with Gasteiger partial charge in [-0.2, -0.15) is 10.2 Å². The second kappa shape index (κ2) is 9.70. The number of nitrogens with one attached hydrogen (secondary N) is 2. The lowest BCUT2D eigenvalue weighted by Gasteiger charge is -2.11. The summed E-state index contributed by atoms with van der Waals surface area (Å²) < 4.78 is 11.6. The summed E-state index contributed by atoms with van der Waals surface area (Å²) in [5.41, 5.74) is 4.94. The van der Waals surface area contributed by atoms with Crippen LogP contribution >= 0.6 is 15.9 Å². The van der Waals surface area contributed by atoms with Crippen LogP contribution in [0.15, 0.2) is 69.1 Å². The lowest BCUT2D eigenvalue weighted by molar-refractivity contribution is 0.297. The summed E-state index contributed by atoms with van der Waals surface area (Å²) in [6.07, 6.45) is 3.90. The summed E-state index contributed by atoms with van der Waals surface area (Å²) in [5.74, 6) is 1.29. The first-order chi connectivity index (χ1) is 13.7. The van der Waals surface area contributed by atoms with Gasteiger partial charge in [-0.1, -0.05) is 30.3 Å². The predicted molar refractivity (Wildman–Crippen MR) is 112 cm³/mol. The molecule has 8 heteroatoms. The zero-order valence-electron chi connectivity index (χ0n) is 15.2. The summed E-state index contributed by atoms with van der Waals surface area (Å²) in [7, 11) is 1.59. The first kappa shape index (κ1) is 19.6. The molecule has 0 aliphatic carbocycles. The van der Waals surface area contributed by atoms with Gasteiger partial charge in [0, 0.05) is 6.42 Å². The maximum absolute atomic E-state index is 11.5. The number of rotatable bonds is 8. The number of aromatic amines is 1. The number of anilines is 1. The van der Waals surface area contributed by atoms with Crippen LogP contribution in [0, 0.1) is 0 Å². The van der Waals surface area contributed by atoms with Gasteiger partial charge in [-0.25, -0.2) is 5.10 Å². The van der Waals surface area contributed by atoms with Gasteiger partial charge in [-0.15, -0.1) is 0 Å². The SMILES string of the molecule is COc1cc(/C=N\Nc2cn[nH]c(=O)c2Br)ccc1OCCc1ccccc1. The Bertz CT molecular complexity index is 1010. The van der Waals surface area contributed by atoms with E-state index in [4.69, 9.17) is 9.47 Å². The van der Waals surface area contributed by atoms with Gasteiger partial charge in [0.2, 0.25) is 0 Å². The molecule has 0 unspecified atom stereocenters. The van der Waals surface area contributed by atoms with E-state index in [1.54, 1.807) is 13.3 Å². The highest BCUT2D eigenvalue weighted by Gasteiger charge is 2.06. The highest BCUT2D eigenvalue weighted by molar-refractivity contribution is 9.10. The Hall–Kier alpha value is -3.13. The van der Waals surface area contributed by atoms with Crippen molar-refractivity contribution < 1.29 is 9.47 Å². The van der Waals surface area contributed by atoms with Crippen molar-refractivity contribution >= 4 is 27.8 Å². The maximum Gasteiger partial charge on any atom is 0.280 e. The number of benzene rings is 2. The minimum atomic E-state index is -0.334. The van der Waals surface area contributed by atoms with Gasteiger partial charge in [0.25, 0.3) is 5.56 Å². The molecule has 2 aromatic carbocycles. The number of nitrogens with zero attached hydrogens (tertiary/aromatic N) is 2. The van der Waals surface area contributed by atoms with Gasteiger partial charge in [0.15, 0.2) is 11.5 Å². The first-order valence-corrected chi connectivity index (χ1v) is 9.33.